The topological polar surface area (TPSA) is 30.9 Å². The van der Waals surface area contributed by atoms with E-state index in [4.69, 9.17) is 20.0 Å². The smallest absolute Gasteiger partial charge is 0.333 e. The largest absolute Gasteiger partial charge is 0.394 e. The van der Waals surface area contributed by atoms with E-state index in [-0.39, 0.29) is 6.29 Å². The van der Waals surface area contributed by atoms with Crippen molar-refractivity contribution in [3.05, 3.63) is 48.6 Å². The maximum Gasteiger partial charge on any atom is 0.333 e. The van der Waals surface area contributed by atoms with E-state index in [1.807, 2.05) is 0 Å². The van der Waals surface area contributed by atoms with Crippen molar-refractivity contribution in [1.29, 1.82) is 0 Å². The molecule has 0 N–H and O–H groups in total. The third kappa shape index (κ3) is 41.6. The molecule has 0 rings (SSSR count). The zero-order chi connectivity index (χ0) is 38.8. The van der Waals surface area contributed by atoms with Crippen molar-refractivity contribution >= 4 is 8.56 Å². The van der Waals surface area contributed by atoms with Gasteiger partial charge in [-0.05, 0) is 123 Å². The van der Waals surface area contributed by atoms with E-state index in [0.717, 1.165) is 64.8 Å². The quantitative estimate of drug-likeness (QED) is 0.0204. The molecule has 53 heavy (non-hydrogen) atoms. The first-order valence-corrected chi connectivity index (χ1v) is 25.4. The molecule has 0 bridgehead atoms. The van der Waals surface area contributed by atoms with Gasteiger partial charge in [0.2, 0.25) is 0 Å². The number of allylic oxidation sites excluding steroid dienone is 8. The van der Waals surface area contributed by atoms with Gasteiger partial charge in [0.1, 0.15) is 6.29 Å². The van der Waals surface area contributed by atoms with E-state index in [1.165, 1.54) is 141 Å². The molecule has 0 saturated carbocycles. The van der Waals surface area contributed by atoms with E-state index in [1.54, 1.807) is 0 Å². The van der Waals surface area contributed by atoms with E-state index in [0.29, 0.717) is 0 Å². The molecule has 0 radical (unpaired) electrons. The van der Waals surface area contributed by atoms with E-state index < -0.39 is 8.56 Å². The first-order valence-electron chi connectivity index (χ1n) is 22.6. The van der Waals surface area contributed by atoms with Crippen molar-refractivity contribution in [2.45, 2.75) is 213 Å². The Morgan fingerprint density at radius 1 is 0.547 bits per heavy atom. The maximum absolute atomic E-state index is 6.62. The Kier molecular flexibility index (Phi) is 40.6. The van der Waals surface area contributed by atoms with Crippen LogP contribution in [0.3, 0.4) is 0 Å². The van der Waals surface area contributed by atoms with Crippen LogP contribution in [0.2, 0.25) is 13.1 Å². The second kappa shape index (κ2) is 41.7. The number of ether oxygens (including phenoxy) is 1. The normalized spacial score (nSPS) is 13.2. The summed E-state index contributed by atoms with van der Waals surface area (Å²) in [7, 11) is -0.165. The van der Waals surface area contributed by atoms with Gasteiger partial charge in [0.15, 0.2) is 0 Å². The minimum absolute atomic E-state index is 0.140. The highest BCUT2D eigenvalue weighted by Crippen LogP contribution is 2.19. The van der Waals surface area contributed by atoms with Gasteiger partial charge in [-0.2, -0.15) is 0 Å². The maximum atomic E-state index is 6.62. The molecular weight excluding hydrogens is 667 g/mol. The van der Waals surface area contributed by atoms with Crippen molar-refractivity contribution in [3.8, 4) is 12.3 Å². The molecule has 0 aliphatic rings. The summed E-state index contributed by atoms with van der Waals surface area (Å²) in [6.07, 6.45) is 58.6. The summed E-state index contributed by atoms with van der Waals surface area (Å²) in [6.45, 7) is 12.3. The SMILES string of the molecule is C#CCN(C)CCCCCCO[Si](C)(C)OC(CCCCCCC/C=C\C/C=C\CCCCC)OCCCCCCCC/C=C\C/C=C\CCCCC. The van der Waals surface area contributed by atoms with Gasteiger partial charge in [0.05, 0.1) is 6.54 Å². The van der Waals surface area contributed by atoms with Crippen LogP contribution in [0.4, 0.5) is 0 Å². The lowest BCUT2D eigenvalue weighted by molar-refractivity contribution is -0.104. The molecular formula is C48H89NO3Si. The molecule has 1 atom stereocenters. The lowest BCUT2D eigenvalue weighted by atomic mass is 10.1. The Morgan fingerprint density at radius 2 is 0.981 bits per heavy atom. The highest BCUT2D eigenvalue weighted by molar-refractivity contribution is 6.64. The van der Waals surface area contributed by atoms with Crippen LogP contribution in [-0.4, -0.2) is 53.1 Å². The Bertz CT molecular complexity index is 905. The third-order valence-corrected chi connectivity index (χ3v) is 11.4. The molecule has 1 unspecified atom stereocenters. The van der Waals surface area contributed by atoms with E-state index in [2.05, 4.69) is 93.4 Å². The van der Waals surface area contributed by atoms with Crippen molar-refractivity contribution in [2.75, 3.05) is 33.4 Å². The summed E-state index contributed by atoms with van der Waals surface area (Å²) in [5.41, 5.74) is 0. The minimum atomic E-state index is -2.26. The van der Waals surface area contributed by atoms with Gasteiger partial charge in [-0.1, -0.05) is 152 Å². The lowest BCUT2D eigenvalue weighted by Gasteiger charge is -2.29. The number of hydrogen-bond acceptors (Lipinski definition) is 4. The molecule has 0 spiro atoms. The van der Waals surface area contributed by atoms with Crippen LogP contribution in [-0.2, 0) is 13.6 Å². The molecule has 0 amide bonds. The van der Waals surface area contributed by atoms with Crippen LogP contribution in [0, 0.1) is 12.3 Å². The zero-order valence-electron chi connectivity index (χ0n) is 36.1. The summed E-state index contributed by atoms with van der Waals surface area (Å²) in [5.74, 6) is 2.72. The lowest BCUT2D eigenvalue weighted by Crippen LogP contribution is -2.40. The standard InChI is InChI=1S/C48H89NO3Si/c1-7-10-12-14-16-18-20-22-24-26-28-30-32-34-37-41-46-50-48(52-53(5,6)51-47-42-38-36-40-45-49(4)44-9-3)43-39-35-33-31-29-27-25-23-21-19-17-15-13-11-8-2/h3,16-19,22-25,48H,7-8,10-15,20-21,26-47H2,1-2,4-6H3/b18-16-,19-17-,24-22-,25-23-. The molecule has 0 aromatic heterocycles. The molecule has 0 aliphatic carbocycles. The van der Waals surface area contributed by atoms with Gasteiger partial charge >= 0.3 is 8.56 Å². The number of hydrogen-bond donors (Lipinski definition) is 0. The highest BCUT2D eigenvalue weighted by atomic mass is 28.4. The second-order valence-electron chi connectivity index (χ2n) is 15.6. The summed E-state index contributed by atoms with van der Waals surface area (Å²) < 4.78 is 19.4. The van der Waals surface area contributed by atoms with Gasteiger partial charge in [-0.25, -0.2) is 0 Å². The fourth-order valence-electron chi connectivity index (χ4n) is 6.34. The Hall–Kier alpha value is -1.42. The third-order valence-electron chi connectivity index (χ3n) is 9.70. The molecule has 5 heteroatoms. The predicted octanol–water partition coefficient (Wildman–Crippen LogP) is 14.8. The molecule has 0 heterocycles. The van der Waals surface area contributed by atoms with Gasteiger partial charge < -0.3 is 13.6 Å². The summed E-state index contributed by atoms with van der Waals surface area (Å²) in [6, 6.07) is 0. The van der Waals surface area contributed by atoms with Gasteiger partial charge in [0, 0.05) is 13.2 Å². The number of terminal acetylenes is 1. The van der Waals surface area contributed by atoms with Crippen molar-refractivity contribution < 1.29 is 13.6 Å². The predicted molar refractivity (Wildman–Crippen MR) is 238 cm³/mol. The summed E-state index contributed by atoms with van der Waals surface area (Å²) in [4.78, 5) is 2.21. The fraction of sp³-hybridized carbons (Fsp3) is 0.792. The van der Waals surface area contributed by atoms with Gasteiger partial charge in [-0.15, -0.1) is 6.42 Å². The molecule has 4 nitrogen and oxygen atoms in total. The van der Waals surface area contributed by atoms with Gasteiger partial charge in [0.25, 0.3) is 0 Å². The van der Waals surface area contributed by atoms with Crippen LogP contribution >= 0.6 is 0 Å². The van der Waals surface area contributed by atoms with Crippen LogP contribution in [0.15, 0.2) is 48.6 Å². The van der Waals surface area contributed by atoms with Crippen LogP contribution in [0.1, 0.15) is 194 Å². The Labute approximate surface area is 333 Å². The summed E-state index contributed by atoms with van der Waals surface area (Å²) >= 11 is 0. The van der Waals surface area contributed by atoms with Crippen molar-refractivity contribution in [2.24, 2.45) is 0 Å². The first kappa shape index (κ1) is 51.6. The molecule has 0 fully saturated rings. The molecule has 0 aliphatic heterocycles. The van der Waals surface area contributed by atoms with Crippen LogP contribution in [0.25, 0.3) is 0 Å². The van der Waals surface area contributed by atoms with E-state index in [9.17, 15) is 0 Å². The monoisotopic (exact) mass is 756 g/mol. The van der Waals surface area contributed by atoms with Crippen molar-refractivity contribution in [3.63, 3.8) is 0 Å². The number of unbranched alkanes of at least 4 members (excludes halogenated alkanes) is 20. The highest BCUT2D eigenvalue weighted by Gasteiger charge is 2.29. The second-order valence-corrected chi connectivity index (χ2v) is 19.0. The Balaban J connectivity index is 4.33. The average molecular weight is 756 g/mol. The first-order chi connectivity index (χ1) is 25.9. The van der Waals surface area contributed by atoms with Gasteiger partial charge in [-0.3, -0.25) is 4.90 Å². The van der Waals surface area contributed by atoms with Crippen LogP contribution in [0.5, 0.6) is 0 Å². The molecule has 308 valence electrons. The van der Waals surface area contributed by atoms with Crippen molar-refractivity contribution in [1.82, 2.24) is 4.90 Å². The zero-order valence-corrected chi connectivity index (χ0v) is 37.1. The molecule has 0 aromatic rings. The van der Waals surface area contributed by atoms with E-state index >= 15 is 0 Å². The number of nitrogens with zero attached hydrogens (tertiary/aromatic N) is 1. The molecule has 0 saturated heterocycles. The minimum Gasteiger partial charge on any atom is -0.394 e. The van der Waals surface area contributed by atoms with Crippen LogP contribution < -0.4 is 0 Å². The average Bonchev–Trinajstić information content (AvgIpc) is 3.13. The number of rotatable bonds is 41. The molecule has 0 aromatic carbocycles. The fourth-order valence-corrected chi connectivity index (χ4v) is 7.87. The Morgan fingerprint density at radius 3 is 1.49 bits per heavy atom. The summed E-state index contributed by atoms with van der Waals surface area (Å²) in [5, 5.41) is 0.